The number of amides is 1. The lowest BCUT2D eigenvalue weighted by Gasteiger charge is -2.23. The van der Waals surface area contributed by atoms with E-state index < -0.39 is 0 Å². The van der Waals surface area contributed by atoms with Crippen LogP contribution >= 0.6 is 0 Å². The molecule has 0 aliphatic rings. The highest BCUT2D eigenvalue weighted by molar-refractivity contribution is 5.81. The second-order valence-electron chi connectivity index (χ2n) is 7.25. The molecule has 0 bridgehead atoms. The first-order chi connectivity index (χ1) is 15.0. The number of hydrogen-bond donors (Lipinski definition) is 1. The molecule has 0 heterocycles. The summed E-state index contributed by atoms with van der Waals surface area (Å²) in [4.78, 5) is 20.9. The Balaban J connectivity index is 1.96. The van der Waals surface area contributed by atoms with Gasteiger partial charge < -0.3 is 24.6 Å². The van der Waals surface area contributed by atoms with E-state index in [4.69, 9.17) is 9.47 Å². The number of carbonyl (C=O) groups is 1. The number of methoxy groups -OCH3 is 2. The third-order valence-electron chi connectivity index (χ3n) is 4.87. The van der Waals surface area contributed by atoms with Crippen LogP contribution in [-0.4, -0.2) is 63.1 Å². The smallest absolute Gasteiger partial charge is 0.224 e. The van der Waals surface area contributed by atoms with Gasteiger partial charge in [-0.1, -0.05) is 30.3 Å². The fourth-order valence-corrected chi connectivity index (χ4v) is 3.18. The Morgan fingerprint density at radius 1 is 1.00 bits per heavy atom. The van der Waals surface area contributed by atoms with Crippen LogP contribution in [0.5, 0.6) is 11.5 Å². The minimum atomic E-state index is 0.0722. The van der Waals surface area contributed by atoms with Gasteiger partial charge in [-0.3, -0.25) is 9.79 Å². The lowest BCUT2D eigenvalue weighted by Crippen LogP contribution is -2.38. The zero-order valence-electron chi connectivity index (χ0n) is 19.2. The van der Waals surface area contributed by atoms with Gasteiger partial charge in [-0.25, -0.2) is 0 Å². The van der Waals surface area contributed by atoms with Crippen LogP contribution in [0.15, 0.2) is 53.5 Å². The number of aliphatic imine (C=N–C) groups is 1. The molecule has 168 valence electrons. The van der Waals surface area contributed by atoms with E-state index in [0.717, 1.165) is 35.1 Å². The van der Waals surface area contributed by atoms with Crippen molar-refractivity contribution in [2.45, 2.75) is 26.4 Å². The van der Waals surface area contributed by atoms with Gasteiger partial charge >= 0.3 is 0 Å². The van der Waals surface area contributed by atoms with Crippen LogP contribution in [0.3, 0.4) is 0 Å². The standard InChI is InChI=1S/C24H34N4O3/c1-6-25-24(28(3)18-20-12-13-21(30-4)16-22(20)31-5)26-15-14-23(29)27(2)17-19-10-8-7-9-11-19/h7-13,16H,6,14-15,17-18H2,1-5H3,(H,25,26). The molecule has 1 amide bonds. The summed E-state index contributed by atoms with van der Waals surface area (Å²) in [6.07, 6.45) is 0.359. The molecule has 0 spiro atoms. The number of carbonyl (C=O) groups excluding carboxylic acids is 1. The maximum Gasteiger partial charge on any atom is 0.224 e. The molecule has 0 atom stereocenters. The fourth-order valence-electron chi connectivity index (χ4n) is 3.18. The lowest BCUT2D eigenvalue weighted by atomic mass is 10.2. The molecule has 0 radical (unpaired) electrons. The summed E-state index contributed by atoms with van der Waals surface area (Å²) in [6, 6.07) is 15.7. The Hall–Kier alpha value is -3.22. The zero-order valence-corrected chi connectivity index (χ0v) is 19.2. The van der Waals surface area contributed by atoms with Crippen molar-refractivity contribution in [3.8, 4) is 11.5 Å². The van der Waals surface area contributed by atoms with Crippen molar-refractivity contribution in [1.82, 2.24) is 15.1 Å². The van der Waals surface area contributed by atoms with Crippen molar-refractivity contribution in [1.29, 1.82) is 0 Å². The highest BCUT2D eigenvalue weighted by Gasteiger charge is 2.13. The van der Waals surface area contributed by atoms with E-state index >= 15 is 0 Å². The third-order valence-corrected chi connectivity index (χ3v) is 4.87. The maximum atomic E-state index is 12.5. The number of ether oxygens (including phenoxy) is 2. The van der Waals surface area contributed by atoms with Gasteiger partial charge in [-0.2, -0.15) is 0 Å². The van der Waals surface area contributed by atoms with Gasteiger partial charge in [0.2, 0.25) is 5.91 Å². The zero-order chi connectivity index (χ0) is 22.6. The highest BCUT2D eigenvalue weighted by Crippen LogP contribution is 2.25. The van der Waals surface area contributed by atoms with Crippen LogP contribution in [0.25, 0.3) is 0 Å². The van der Waals surface area contributed by atoms with Gasteiger partial charge in [0.15, 0.2) is 5.96 Å². The molecule has 0 aliphatic heterocycles. The topological polar surface area (TPSA) is 66.4 Å². The third kappa shape index (κ3) is 7.51. The molecule has 31 heavy (non-hydrogen) atoms. The van der Waals surface area contributed by atoms with E-state index in [1.807, 2.05) is 74.4 Å². The minimum absolute atomic E-state index is 0.0722. The summed E-state index contributed by atoms with van der Waals surface area (Å²) in [7, 11) is 7.07. The Morgan fingerprint density at radius 3 is 2.39 bits per heavy atom. The number of benzene rings is 2. The highest BCUT2D eigenvalue weighted by atomic mass is 16.5. The maximum absolute atomic E-state index is 12.5. The molecular formula is C24H34N4O3. The average Bonchev–Trinajstić information content (AvgIpc) is 2.79. The van der Waals surface area contributed by atoms with Crippen molar-refractivity contribution in [3.05, 3.63) is 59.7 Å². The van der Waals surface area contributed by atoms with Gasteiger partial charge in [0.05, 0.1) is 20.8 Å². The van der Waals surface area contributed by atoms with Crippen LogP contribution in [0, 0.1) is 0 Å². The Labute approximate surface area is 185 Å². The van der Waals surface area contributed by atoms with Crippen LogP contribution in [0.2, 0.25) is 0 Å². The molecule has 0 saturated carbocycles. The predicted molar refractivity (Wildman–Crippen MR) is 125 cm³/mol. The van der Waals surface area contributed by atoms with E-state index in [1.54, 1.807) is 19.1 Å². The van der Waals surface area contributed by atoms with Gasteiger partial charge in [-0.05, 0) is 24.6 Å². The average molecular weight is 427 g/mol. The van der Waals surface area contributed by atoms with E-state index in [2.05, 4.69) is 10.3 Å². The Morgan fingerprint density at radius 2 is 1.74 bits per heavy atom. The predicted octanol–water partition coefficient (Wildman–Crippen LogP) is 3.15. The molecule has 0 fully saturated rings. The molecule has 1 N–H and O–H groups in total. The van der Waals surface area contributed by atoms with E-state index in [1.165, 1.54) is 0 Å². The van der Waals surface area contributed by atoms with Gasteiger partial charge in [0.25, 0.3) is 0 Å². The summed E-state index contributed by atoms with van der Waals surface area (Å²) in [5.74, 6) is 2.34. The summed E-state index contributed by atoms with van der Waals surface area (Å²) >= 11 is 0. The number of nitrogens with zero attached hydrogens (tertiary/aromatic N) is 3. The summed E-state index contributed by atoms with van der Waals surface area (Å²) in [5.41, 5.74) is 2.14. The molecule has 7 heteroatoms. The van der Waals surface area contributed by atoms with Gasteiger partial charge in [-0.15, -0.1) is 0 Å². The second-order valence-corrected chi connectivity index (χ2v) is 7.25. The molecule has 2 aromatic rings. The second kappa shape index (κ2) is 12.5. The minimum Gasteiger partial charge on any atom is -0.497 e. The number of nitrogens with one attached hydrogen (secondary N) is 1. The molecule has 0 aromatic heterocycles. The lowest BCUT2D eigenvalue weighted by molar-refractivity contribution is -0.130. The van der Waals surface area contributed by atoms with Crippen molar-refractivity contribution in [2.75, 3.05) is 41.4 Å². The molecular weight excluding hydrogens is 392 g/mol. The number of hydrogen-bond acceptors (Lipinski definition) is 4. The first-order valence-electron chi connectivity index (χ1n) is 10.5. The molecule has 2 rings (SSSR count). The molecule has 2 aromatic carbocycles. The molecule has 7 nitrogen and oxygen atoms in total. The monoisotopic (exact) mass is 426 g/mol. The quantitative estimate of drug-likeness (QED) is 0.467. The summed E-state index contributed by atoms with van der Waals surface area (Å²) in [5, 5.41) is 3.29. The van der Waals surface area contributed by atoms with Crippen LogP contribution in [0.4, 0.5) is 0 Å². The largest absolute Gasteiger partial charge is 0.497 e. The van der Waals surface area contributed by atoms with Crippen molar-refractivity contribution in [2.24, 2.45) is 4.99 Å². The van der Waals surface area contributed by atoms with Crippen molar-refractivity contribution < 1.29 is 14.3 Å². The fraction of sp³-hybridized carbons (Fsp3) is 0.417. The Kier molecular flexibility index (Phi) is 9.68. The molecule has 0 aliphatic carbocycles. The Bertz CT molecular complexity index is 855. The SMILES string of the molecule is CCNC(=NCCC(=O)N(C)Cc1ccccc1)N(C)Cc1ccc(OC)cc1OC. The summed E-state index contributed by atoms with van der Waals surface area (Å²) < 4.78 is 10.8. The van der Waals surface area contributed by atoms with Crippen LogP contribution in [0.1, 0.15) is 24.5 Å². The number of guanidine groups is 1. The normalized spacial score (nSPS) is 11.1. The summed E-state index contributed by atoms with van der Waals surface area (Å²) in [6.45, 7) is 4.40. The van der Waals surface area contributed by atoms with Gasteiger partial charge in [0.1, 0.15) is 11.5 Å². The molecule has 0 unspecified atom stereocenters. The van der Waals surface area contributed by atoms with Gasteiger partial charge in [0, 0.05) is 51.8 Å². The van der Waals surface area contributed by atoms with E-state index in [-0.39, 0.29) is 5.91 Å². The first-order valence-corrected chi connectivity index (χ1v) is 10.5. The van der Waals surface area contributed by atoms with E-state index in [0.29, 0.717) is 26.1 Å². The van der Waals surface area contributed by atoms with Crippen molar-refractivity contribution >= 4 is 11.9 Å². The van der Waals surface area contributed by atoms with Crippen LogP contribution < -0.4 is 14.8 Å². The van der Waals surface area contributed by atoms with E-state index in [9.17, 15) is 4.79 Å². The molecule has 0 saturated heterocycles. The van der Waals surface area contributed by atoms with Crippen molar-refractivity contribution in [3.63, 3.8) is 0 Å². The number of rotatable bonds is 10. The first kappa shape index (κ1) is 24.1. The van der Waals surface area contributed by atoms with Crippen LogP contribution in [-0.2, 0) is 17.9 Å².